The molecule has 0 bridgehead atoms. The van der Waals surface area contributed by atoms with Crippen LogP contribution in [0.2, 0.25) is 0 Å². The average molecular weight is 298 g/mol. The Morgan fingerprint density at radius 2 is 1.39 bits per heavy atom. The lowest BCUT2D eigenvalue weighted by Gasteiger charge is -2.12. The van der Waals surface area contributed by atoms with E-state index in [1.807, 2.05) is 6.07 Å². The summed E-state index contributed by atoms with van der Waals surface area (Å²) in [6.45, 7) is 4.27. The topological polar surface area (TPSA) is 25.8 Å². The summed E-state index contributed by atoms with van der Waals surface area (Å²) in [5, 5.41) is 3.57. The first-order chi connectivity index (χ1) is 11.2. The van der Waals surface area contributed by atoms with Gasteiger partial charge < -0.3 is 0 Å². The van der Waals surface area contributed by atoms with Crippen LogP contribution >= 0.6 is 0 Å². The van der Waals surface area contributed by atoms with Crippen LogP contribution in [-0.2, 0) is 0 Å². The Balaban J connectivity index is 2.11. The predicted octanol–water partition coefficient (Wildman–Crippen LogP) is 5.57. The van der Waals surface area contributed by atoms with Gasteiger partial charge in [-0.3, -0.25) is 0 Å². The van der Waals surface area contributed by atoms with Gasteiger partial charge in [-0.15, -0.1) is 0 Å². The Labute approximate surface area is 135 Å². The summed E-state index contributed by atoms with van der Waals surface area (Å²) in [5.41, 5.74) is 3.20. The molecular weight excluding hydrogens is 280 g/mol. The minimum atomic E-state index is 0.299. The molecule has 0 unspecified atom stereocenters. The van der Waals surface area contributed by atoms with Crippen molar-refractivity contribution in [1.82, 2.24) is 9.97 Å². The molecule has 0 amide bonds. The Morgan fingerprint density at radius 1 is 0.696 bits per heavy atom. The highest BCUT2D eigenvalue weighted by molar-refractivity contribution is 6.02. The normalized spacial score (nSPS) is 11.4. The van der Waals surface area contributed by atoms with Crippen LogP contribution in [0, 0.1) is 0 Å². The van der Waals surface area contributed by atoms with Crippen LogP contribution in [0.5, 0.6) is 0 Å². The summed E-state index contributed by atoms with van der Waals surface area (Å²) < 4.78 is 0. The highest BCUT2D eigenvalue weighted by Gasteiger charge is 2.13. The molecule has 1 aromatic heterocycles. The van der Waals surface area contributed by atoms with Gasteiger partial charge in [0.1, 0.15) is 5.82 Å². The van der Waals surface area contributed by atoms with Gasteiger partial charge in [-0.05, 0) is 16.8 Å². The quantitative estimate of drug-likeness (QED) is 0.483. The van der Waals surface area contributed by atoms with E-state index in [0.717, 1.165) is 22.4 Å². The number of para-hydroxylation sites is 1. The zero-order valence-corrected chi connectivity index (χ0v) is 13.3. The van der Waals surface area contributed by atoms with E-state index < -0.39 is 0 Å². The molecule has 0 saturated heterocycles. The van der Waals surface area contributed by atoms with Crippen LogP contribution in [0.15, 0.2) is 66.7 Å². The highest BCUT2D eigenvalue weighted by Crippen LogP contribution is 2.32. The van der Waals surface area contributed by atoms with Crippen LogP contribution < -0.4 is 0 Å². The van der Waals surface area contributed by atoms with E-state index in [0.29, 0.717) is 5.92 Å². The number of nitrogens with zero attached hydrogens (tertiary/aromatic N) is 2. The molecule has 3 aromatic carbocycles. The molecule has 2 heteroatoms. The summed E-state index contributed by atoms with van der Waals surface area (Å²) >= 11 is 0. The fraction of sp³-hybridized carbons (Fsp3) is 0.143. The van der Waals surface area contributed by atoms with Crippen LogP contribution in [0.1, 0.15) is 25.6 Å². The van der Waals surface area contributed by atoms with Crippen molar-refractivity contribution >= 4 is 21.7 Å². The van der Waals surface area contributed by atoms with Gasteiger partial charge in [0.05, 0.1) is 11.2 Å². The van der Waals surface area contributed by atoms with Crippen molar-refractivity contribution < 1.29 is 0 Å². The third kappa shape index (κ3) is 2.36. The van der Waals surface area contributed by atoms with E-state index in [1.54, 1.807) is 0 Å². The molecule has 0 aliphatic heterocycles. The van der Waals surface area contributed by atoms with E-state index in [2.05, 4.69) is 74.5 Å². The van der Waals surface area contributed by atoms with Crippen molar-refractivity contribution in [2.45, 2.75) is 19.8 Å². The number of benzene rings is 3. The fourth-order valence-corrected chi connectivity index (χ4v) is 2.99. The number of aromatic nitrogens is 2. The van der Waals surface area contributed by atoms with Crippen LogP contribution in [0.25, 0.3) is 32.9 Å². The largest absolute Gasteiger partial charge is 0.233 e. The Morgan fingerprint density at radius 3 is 2.22 bits per heavy atom. The lowest BCUT2D eigenvalue weighted by Crippen LogP contribution is -2.00. The summed E-state index contributed by atoms with van der Waals surface area (Å²) in [6.07, 6.45) is 0. The Kier molecular flexibility index (Phi) is 3.30. The second kappa shape index (κ2) is 5.47. The van der Waals surface area contributed by atoms with Gasteiger partial charge >= 0.3 is 0 Å². The SMILES string of the molecule is CC(C)c1nc(-c2cccc3ccccc23)c2ccccc2n1. The van der Waals surface area contributed by atoms with Gasteiger partial charge in [0, 0.05) is 16.9 Å². The van der Waals surface area contributed by atoms with Gasteiger partial charge in [0.2, 0.25) is 0 Å². The maximum atomic E-state index is 4.91. The van der Waals surface area contributed by atoms with E-state index in [1.165, 1.54) is 16.3 Å². The zero-order chi connectivity index (χ0) is 15.8. The first-order valence-electron chi connectivity index (χ1n) is 7.99. The molecule has 112 valence electrons. The van der Waals surface area contributed by atoms with Gasteiger partial charge in [-0.25, -0.2) is 9.97 Å². The summed E-state index contributed by atoms with van der Waals surface area (Å²) in [6, 6.07) is 23.1. The van der Waals surface area contributed by atoms with E-state index >= 15 is 0 Å². The van der Waals surface area contributed by atoms with Crippen molar-refractivity contribution in [3.05, 3.63) is 72.6 Å². The van der Waals surface area contributed by atoms with Crippen LogP contribution in [0.4, 0.5) is 0 Å². The van der Waals surface area contributed by atoms with E-state index in [-0.39, 0.29) is 0 Å². The molecule has 0 fully saturated rings. The van der Waals surface area contributed by atoms with Crippen molar-refractivity contribution in [3.63, 3.8) is 0 Å². The molecule has 0 aliphatic carbocycles. The lowest BCUT2D eigenvalue weighted by atomic mass is 9.99. The van der Waals surface area contributed by atoms with Gasteiger partial charge in [0.15, 0.2) is 0 Å². The maximum Gasteiger partial charge on any atom is 0.132 e. The molecule has 0 atom stereocenters. The van der Waals surface area contributed by atoms with Crippen molar-refractivity contribution in [1.29, 1.82) is 0 Å². The van der Waals surface area contributed by atoms with Gasteiger partial charge in [-0.2, -0.15) is 0 Å². The smallest absolute Gasteiger partial charge is 0.132 e. The van der Waals surface area contributed by atoms with Gasteiger partial charge in [-0.1, -0.05) is 74.5 Å². The molecule has 0 saturated carbocycles. The summed E-state index contributed by atoms with van der Waals surface area (Å²) in [4.78, 5) is 9.64. The average Bonchev–Trinajstić information content (AvgIpc) is 2.60. The number of hydrogen-bond donors (Lipinski definition) is 0. The van der Waals surface area contributed by atoms with Crippen molar-refractivity contribution in [2.75, 3.05) is 0 Å². The van der Waals surface area contributed by atoms with Crippen LogP contribution in [0.3, 0.4) is 0 Å². The molecule has 2 nitrogen and oxygen atoms in total. The molecule has 4 aromatic rings. The molecule has 4 rings (SSSR count). The molecule has 0 radical (unpaired) electrons. The first kappa shape index (κ1) is 13.9. The molecule has 1 heterocycles. The van der Waals surface area contributed by atoms with E-state index in [4.69, 9.17) is 9.97 Å². The summed E-state index contributed by atoms with van der Waals surface area (Å²) in [5.74, 6) is 1.19. The lowest BCUT2D eigenvalue weighted by molar-refractivity contribution is 0.785. The third-order valence-electron chi connectivity index (χ3n) is 4.18. The predicted molar refractivity (Wildman–Crippen MR) is 96.6 cm³/mol. The van der Waals surface area contributed by atoms with Crippen molar-refractivity contribution in [2.24, 2.45) is 0 Å². The maximum absolute atomic E-state index is 4.91. The number of hydrogen-bond acceptors (Lipinski definition) is 2. The molecular formula is C21H18N2. The Bertz CT molecular complexity index is 997. The Hall–Kier alpha value is -2.74. The second-order valence-electron chi connectivity index (χ2n) is 6.13. The molecule has 23 heavy (non-hydrogen) atoms. The molecule has 0 aliphatic rings. The van der Waals surface area contributed by atoms with Crippen LogP contribution in [-0.4, -0.2) is 9.97 Å². The third-order valence-corrected chi connectivity index (χ3v) is 4.18. The minimum absolute atomic E-state index is 0.299. The van der Waals surface area contributed by atoms with Crippen molar-refractivity contribution in [3.8, 4) is 11.3 Å². The standard InChI is InChI=1S/C21H18N2/c1-14(2)21-22-19-13-6-5-11-18(19)20(23-21)17-12-7-9-15-8-3-4-10-16(15)17/h3-14H,1-2H3. The summed E-state index contributed by atoms with van der Waals surface area (Å²) in [7, 11) is 0. The molecule has 0 spiro atoms. The number of fused-ring (bicyclic) bond motifs is 2. The molecule has 0 N–H and O–H groups in total. The minimum Gasteiger partial charge on any atom is -0.233 e. The van der Waals surface area contributed by atoms with Gasteiger partial charge in [0.25, 0.3) is 0 Å². The second-order valence-corrected chi connectivity index (χ2v) is 6.13. The monoisotopic (exact) mass is 298 g/mol. The number of rotatable bonds is 2. The van der Waals surface area contributed by atoms with E-state index in [9.17, 15) is 0 Å². The zero-order valence-electron chi connectivity index (χ0n) is 13.3. The first-order valence-corrected chi connectivity index (χ1v) is 7.99. The fourth-order valence-electron chi connectivity index (χ4n) is 2.99. The highest BCUT2D eigenvalue weighted by atomic mass is 14.9.